The van der Waals surface area contributed by atoms with E-state index in [4.69, 9.17) is 0 Å². The molecule has 0 atom stereocenters. The zero-order valence-electron chi connectivity index (χ0n) is 20.7. The minimum atomic E-state index is -0.117. The third-order valence-electron chi connectivity index (χ3n) is 6.05. The van der Waals surface area contributed by atoms with Gasteiger partial charge in [-0.25, -0.2) is 4.99 Å². The Labute approximate surface area is 214 Å². The van der Waals surface area contributed by atoms with Crippen molar-refractivity contribution in [3.8, 4) is 5.69 Å². The van der Waals surface area contributed by atoms with Crippen molar-refractivity contribution < 1.29 is 4.79 Å². The van der Waals surface area contributed by atoms with Gasteiger partial charge in [-0.05, 0) is 104 Å². The molecular formula is C28H30BrN3OS. The van der Waals surface area contributed by atoms with Gasteiger partial charge in [-0.2, -0.15) is 0 Å². The molecule has 4 nitrogen and oxygen atoms in total. The third kappa shape index (κ3) is 4.93. The molecule has 1 fully saturated rings. The van der Waals surface area contributed by atoms with E-state index in [9.17, 15) is 4.79 Å². The number of carbonyl (C=O) groups is 1. The first-order valence-corrected chi connectivity index (χ1v) is 12.9. The fourth-order valence-electron chi connectivity index (χ4n) is 4.17. The van der Waals surface area contributed by atoms with Gasteiger partial charge in [0.25, 0.3) is 5.91 Å². The molecule has 0 spiro atoms. The summed E-state index contributed by atoms with van der Waals surface area (Å²) in [5.41, 5.74) is 8.89. The maximum absolute atomic E-state index is 12.7. The lowest BCUT2D eigenvalue weighted by molar-refractivity contribution is -0.115. The van der Waals surface area contributed by atoms with Crippen molar-refractivity contribution >= 4 is 50.5 Å². The molecule has 1 amide bonds. The van der Waals surface area contributed by atoms with Crippen LogP contribution in [-0.4, -0.2) is 15.6 Å². The molecular weight excluding hydrogens is 506 g/mol. The number of thioether (sulfide) groups is 1. The standard InChI is InChI=1S/C28H30BrN3OS/c1-16-12-22(13-17(2)25(16)29)30-27-31-26(33)24(34-27)15-20-14-18(3)32(19(20)4)23-10-8-21(9-11-23)28(5,6)7/h8-15H,1-7H3,(H,30,31,33)/b24-15-. The first-order valence-electron chi connectivity index (χ1n) is 11.3. The summed E-state index contributed by atoms with van der Waals surface area (Å²) < 4.78 is 3.32. The van der Waals surface area contributed by atoms with Gasteiger partial charge in [-0.1, -0.05) is 48.8 Å². The van der Waals surface area contributed by atoms with E-state index in [2.05, 4.69) is 95.8 Å². The van der Waals surface area contributed by atoms with Crippen molar-refractivity contribution in [3.63, 3.8) is 0 Å². The average Bonchev–Trinajstić information content (AvgIpc) is 3.23. The monoisotopic (exact) mass is 535 g/mol. The van der Waals surface area contributed by atoms with Crippen LogP contribution in [-0.2, 0) is 10.2 Å². The van der Waals surface area contributed by atoms with Gasteiger partial charge in [0.05, 0.1) is 10.6 Å². The number of rotatable bonds is 3. The average molecular weight is 537 g/mol. The molecule has 4 rings (SSSR count). The lowest BCUT2D eigenvalue weighted by atomic mass is 9.87. The highest BCUT2D eigenvalue weighted by atomic mass is 79.9. The lowest BCUT2D eigenvalue weighted by Gasteiger charge is -2.20. The van der Waals surface area contributed by atoms with Crippen molar-refractivity contribution in [1.82, 2.24) is 9.88 Å². The van der Waals surface area contributed by atoms with E-state index in [1.165, 1.54) is 17.3 Å². The van der Waals surface area contributed by atoms with Gasteiger partial charge in [-0.15, -0.1) is 0 Å². The van der Waals surface area contributed by atoms with E-state index in [0.717, 1.165) is 43.9 Å². The second kappa shape index (κ2) is 9.23. The number of carbonyl (C=O) groups excluding carboxylic acids is 1. The molecule has 2 aromatic carbocycles. The van der Waals surface area contributed by atoms with Gasteiger partial charge in [0, 0.05) is 21.5 Å². The molecule has 3 aromatic rings. The van der Waals surface area contributed by atoms with Crippen LogP contribution >= 0.6 is 27.7 Å². The van der Waals surface area contributed by atoms with E-state index in [-0.39, 0.29) is 11.3 Å². The number of nitrogens with zero attached hydrogens (tertiary/aromatic N) is 2. The first-order chi connectivity index (χ1) is 15.9. The third-order valence-corrected chi connectivity index (χ3v) is 8.21. The van der Waals surface area contributed by atoms with Crippen LogP contribution in [0.4, 0.5) is 5.69 Å². The van der Waals surface area contributed by atoms with Crippen molar-refractivity contribution in [2.75, 3.05) is 0 Å². The molecule has 6 heteroatoms. The van der Waals surface area contributed by atoms with Crippen LogP contribution in [0.3, 0.4) is 0 Å². The van der Waals surface area contributed by atoms with Crippen molar-refractivity contribution in [2.45, 2.75) is 53.9 Å². The number of hydrogen-bond acceptors (Lipinski definition) is 3. The van der Waals surface area contributed by atoms with Crippen molar-refractivity contribution in [3.05, 3.63) is 85.5 Å². The molecule has 1 N–H and O–H groups in total. The zero-order chi connectivity index (χ0) is 24.8. The summed E-state index contributed by atoms with van der Waals surface area (Å²) in [5, 5.41) is 3.51. The highest BCUT2D eigenvalue weighted by Crippen LogP contribution is 2.32. The molecule has 0 unspecified atom stereocenters. The molecule has 0 aliphatic carbocycles. The van der Waals surface area contributed by atoms with Gasteiger partial charge in [0.1, 0.15) is 0 Å². The second-order valence-corrected chi connectivity index (χ2v) is 11.7. The number of aromatic nitrogens is 1. The van der Waals surface area contributed by atoms with Crippen LogP contribution in [0.15, 0.2) is 56.8 Å². The molecule has 1 aliphatic heterocycles. The normalized spacial score (nSPS) is 16.5. The smallest absolute Gasteiger partial charge is 0.264 e. The van der Waals surface area contributed by atoms with E-state index in [0.29, 0.717) is 10.1 Å². The Bertz CT molecular complexity index is 1320. The maximum Gasteiger partial charge on any atom is 0.264 e. The van der Waals surface area contributed by atoms with Crippen LogP contribution in [0.2, 0.25) is 0 Å². The lowest BCUT2D eigenvalue weighted by Crippen LogP contribution is -2.19. The van der Waals surface area contributed by atoms with Gasteiger partial charge in [0.2, 0.25) is 0 Å². The number of amidine groups is 1. The summed E-state index contributed by atoms with van der Waals surface area (Å²) in [6.07, 6.45) is 1.96. The number of amides is 1. The quantitative estimate of drug-likeness (QED) is 0.349. The number of hydrogen-bond donors (Lipinski definition) is 1. The highest BCUT2D eigenvalue weighted by molar-refractivity contribution is 9.10. The Morgan fingerprint density at radius 1 is 1.00 bits per heavy atom. The largest absolute Gasteiger partial charge is 0.318 e. The summed E-state index contributed by atoms with van der Waals surface area (Å²) >= 11 is 4.97. The molecule has 1 aliphatic rings. The minimum absolute atomic E-state index is 0.117. The van der Waals surface area contributed by atoms with Gasteiger partial charge < -0.3 is 9.88 Å². The van der Waals surface area contributed by atoms with E-state index >= 15 is 0 Å². The van der Waals surface area contributed by atoms with Crippen LogP contribution in [0.1, 0.15) is 54.4 Å². The van der Waals surface area contributed by atoms with Gasteiger partial charge in [-0.3, -0.25) is 4.79 Å². The molecule has 0 radical (unpaired) electrons. The predicted octanol–water partition coefficient (Wildman–Crippen LogP) is 7.66. The Balaban J connectivity index is 1.62. The molecule has 1 aromatic heterocycles. The predicted molar refractivity (Wildman–Crippen MR) is 148 cm³/mol. The number of aliphatic imine (C=N–C) groups is 1. The summed E-state index contributed by atoms with van der Waals surface area (Å²) in [5.74, 6) is -0.117. The fraction of sp³-hybridized carbons (Fsp3) is 0.286. The first kappa shape index (κ1) is 24.6. The zero-order valence-corrected chi connectivity index (χ0v) is 23.1. The maximum atomic E-state index is 12.7. The van der Waals surface area contributed by atoms with Crippen molar-refractivity contribution in [1.29, 1.82) is 0 Å². The molecule has 1 saturated heterocycles. The minimum Gasteiger partial charge on any atom is -0.318 e. The Kier molecular flexibility index (Phi) is 6.67. The Morgan fingerprint density at radius 2 is 1.62 bits per heavy atom. The molecule has 34 heavy (non-hydrogen) atoms. The summed E-state index contributed by atoms with van der Waals surface area (Å²) in [4.78, 5) is 18.0. The topological polar surface area (TPSA) is 46.4 Å². The number of halogens is 1. The van der Waals surface area contributed by atoms with E-state index in [1.807, 2.05) is 32.1 Å². The SMILES string of the molecule is Cc1cc(N=C2NC(=O)/C(=C/c3cc(C)n(-c4ccc(C(C)(C)C)cc4)c3C)S2)cc(C)c1Br. The number of aryl methyl sites for hydroxylation is 3. The van der Waals surface area contributed by atoms with Gasteiger partial charge >= 0.3 is 0 Å². The summed E-state index contributed by atoms with van der Waals surface area (Å²) in [7, 11) is 0. The van der Waals surface area contributed by atoms with Crippen LogP contribution < -0.4 is 5.32 Å². The molecule has 0 saturated carbocycles. The van der Waals surface area contributed by atoms with Crippen molar-refractivity contribution in [2.24, 2.45) is 4.99 Å². The van der Waals surface area contributed by atoms with E-state index in [1.54, 1.807) is 0 Å². The van der Waals surface area contributed by atoms with Crippen LogP contribution in [0.25, 0.3) is 11.8 Å². The molecule has 2 heterocycles. The number of nitrogens with one attached hydrogen (secondary N) is 1. The summed E-state index contributed by atoms with van der Waals surface area (Å²) in [6.45, 7) is 14.9. The summed E-state index contributed by atoms with van der Waals surface area (Å²) in [6, 6.07) is 14.9. The Hall–Kier alpha value is -2.57. The van der Waals surface area contributed by atoms with Crippen LogP contribution in [0.5, 0.6) is 0 Å². The number of benzene rings is 2. The van der Waals surface area contributed by atoms with E-state index < -0.39 is 0 Å². The van der Waals surface area contributed by atoms with Crippen LogP contribution in [0, 0.1) is 27.7 Å². The Morgan fingerprint density at radius 3 is 2.21 bits per heavy atom. The fourth-order valence-corrected chi connectivity index (χ4v) is 5.23. The molecule has 176 valence electrons. The second-order valence-electron chi connectivity index (χ2n) is 9.83. The molecule has 0 bridgehead atoms. The van der Waals surface area contributed by atoms with Gasteiger partial charge in [0.15, 0.2) is 5.17 Å². The highest BCUT2D eigenvalue weighted by Gasteiger charge is 2.25.